The maximum Gasteiger partial charge on any atom is 0.392 e. The zero-order valence-corrected chi connectivity index (χ0v) is 23.7. The number of hydrogen-bond donors (Lipinski definition) is 3. The van der Waals surface area contributed by atoms with Crippen LogP contribution in [-0.4, -0.2) is 109 Å². The van der Waals surface area contributed by atoms with E-state index >= 15 is 0 Å². The van der Waals surface area contributed by atoms with Crippen LogP contribution in [0.2, 0.25) is 0 Å². The van der Waals surface area contributed by atoms with Crippen LogP contribution < -0.4 is 10.9 Å². The number of hydrazine groups is 1. The lowest BCUT2D eigenvalue weighted by Crippen LogP contribution is -2.56. The molecule has 4 saturated heterocycles. The van der Waals surface area contributed by atoms with Gasteiger partial charge in [0, 0.05) is 50.0 Å². The average Bonchev–Trinajstić information content (AvgIpc) is 3.45. The number of nitrogens with one attached hydrogen (secondary N) is 2. The number of piperidine rings is 1. The molecular formula is C28H44F5N5O3. The first kappa shape index (κ1) is 29.9. The van der Waals surface area contributed by atoms with Gasteiger partial charge in [-0.3, -0.25) is 9.69 Å². The number of alkyl halides is 5. The molecular weight excluding hydrogens is 549 g/mol. The van der Waals surface area contributed by atoms with Gasteiger partial charge in [0.15, 0.2) is 0 Å². The first-order valence-electron chi connectivity index (χ1n) is 15.3. The van der Waals surface area contributed by atoms with Gasteiger partial charge < -0.3 is 19.6 Å². The second-order valence-electron chi connectivity index (χ2n) is 13.9. The zero-order chi connectivity index (χ0) is 29.2. The smallest absolute Gasteiger partial charge is 0.386 e. The molecule has 4 heterocycles. The molecule has 13 heteroatoms. The lowest BCUT2D eigenvalue weighted by Gasteiger charge is -2.52. The minimum atomic E-state index is -4.43. The van der Waals surface area contributed by atoms with Crippen molar-refractivity contribution in [2.24, 2.45) is 35.0 Å². The summed E-state index contributed by atoms with van der Waals surface area (Å²) in [5.74, 6) is -6.46. The first-order chi connectivity index (χ1) is 19.4. The number of amides is 1. The van der Waals surface area contributed by atoms with Crippen molar-refractivity contribution in [2.45, 2.75) is 81.8 Å². The van der Waals surface area contributed by atoms with Crippen LogP contribution in [0.4, 0.5) is 22.0 Å². The van der Waals surface area contributed by atoms with Crippen molar-refractivity contribution >= 4 is 5.91 Å². The van der Waals surface area contributed by atoms with Gasteiger partial charge in [-0.15, -0.1) is 0 Å². The van der Waals surface area contributed by atoms with Gasteiger partial charge >= 0.3 is 6.18 Å². The molecule has 8 nitrogen and oxygen atoms in total. The zero-order valence-electron chi connectivity index (χ0n) is 23.7. The van der Waals surface area contributed by atoms with Crippen molar-refractivity contribution in [3.63, 3.8) is 0 Å². The molecule has 3 N–H and O–H groups in total. The third-order valence-corrected chi connectivity index (χ3v) is 11.3. The predicted molar refractivity (Wildman–Crippen MR) is 139 cm³/mol. The fourth-order valence-electron chi connectivity index (χ4n) is 8.83. The first-order valence-corrected chi connectivity index (χ1v) is 15.3. The number of aliphatic hydroxyl groups excluding tert-OH is 1. The monoisotopic (exact) mass is 593 g/mol. The van der Waals surface area contributed by atoms with Crippen molar-refractivity contribution in [1.29, 1.82) is 0 Å². The Hall–Kier alpha value is -1.12. The number of fused-ring (bicyclic) bond motifs is 1. The topological polar surface area (TPSA) is 80.3 Å². The summed E-state index contributed by atoms with van der Waals surface area (Å²) < 4.78 is 76.4. The van der Waals surface area contributed by atoms with E-state index in [0.717, 1.165) is 38.8 Å². The number of ether oxygens (including phenoxy) is 1. The van der Waals surface area contributed by atoms with Crippen molar-refractivity contribution in [1.82, 2.24) is 25.6 Å². The third-order valence-electron chi connectivity index (χ3n) is 11.3. The number of aliphatic hydroxyl groups is 1. The second-order valence-corrected chi connectivity index (χ2v) is 13.9. The SMILES string of the molecule is CN1CNNC1CC1(C2CCCC(N3CC4C(CC(CN5CCC(F)(F)C(O)C5)CC4C(F)(F)F)C3=O)C2)COC1. The van der Waals surface area contributed by atoms with Gasteiger partial charge in [-0.2, -0.15) is 13.2 Å². The lowest BCUT2D eigenvalue weighted by molar-refractivity contribution is -0.205. The summed E-state index contributed by atoms with van der Waals surface area (Å²) in [4.78, 5) is 19.5. The summed E-state index contributed by atoms with van der Waals surface area (Å²) in [5.41, 5.74) is 6.51. The quantitative estimate of drug-likeness (QED) is 0.409. The highest BCUT2D eigenvalue weighted by Gasteiger charge is 2.58. The standard InChI is InChI=1S/C28H44F5N5O3/c1-36-16-34-35-24(36)10-26(14-41-15-26)18-3-2-4-19(9-18)38-12-21-20(25(38)40)7-17(8-22(21)28(31,32)33)11-37-6-5-27(29,30)23(39)13-37/h17-24,34-35,39H,2-16H2,1H3. The normalized spacial score (nSPS) is 41.8. The molecule has 6 rings (SSSR count). The van der Waals surface area contributed by atoms with E-state index in [1.54, 1.807) is 9.80 Å². The van der Waals surface area contributed by atoms with Crippen LogP contribution in [0.3, 0.4) is 0 Å². The van der Waals surface area contributed by atoms with Gasteiger partial charge in [-0.25, -0.2) is 19.6 Å². The Morgan fingerprint density at radius 3 is 2.54 bits per heavy atom. The fourth-order valence-corrected chi connectivity index (χ4v) is 8.83. The van der Waals surface area contributed by atoms with Gasteiger partial charge in [-0.1, -0.05) is 6.42 Å². The minimum Gasteiger partial charge on any atom is -0.386 e. The summed E-state index contributed by atoms with van der Waals surface area (Å²) in [6.45, 7) is 2.21. The van der Waals surface area contributed by atoms with Crippen molar-refractivity contribution < 1.29 is 36.6 Å². The molecule has 0 bridgehead atoms. The van der Waals surface area contributed by atoms with E-state index in [0.29, 0.717) is 25.6 Å². The maximum absolute atomic E-state index is 14.4. The van der Waals surface area contributed by atoms with Crippen molar-refractivity contribution in [3.05, 3.63) is 0 Å². The number of carbonyl (C=O) groups excluding carboxylic acids is 1. The lowest BCUT2D eigenvalue weighted by atomic mass is 9.64. The number of hydrogen-bond acceptors (Lipinski definition) is 7. The minimum absolute atomic E-state index is 0.00155. The largest absolute Gasteiger partial charge is 0.392 e. The summed E-state index contributed by atoms with van der Waals surface area (Å²) in [6.07, 6.45) is -1.84. The molecule has 0 radical (unpaired) electrons. The molecule has 0 aromatic heterocycles. The molecule has 8 atom stereocenters. The van der Waals surface area contributed by atoms with Crippen LogP contribution in [0.5, 0.6) is 0 Å². The van der Waals surface area contributed by atoms with Gasteiger partial charge in [0.1, 0.15) is 6.10 Å². The number of halogens is 5. The highest BCUT2D eigenvalue weighted by atomic mass is 19.4. The second kappa shape index (κ2) is 11.1. The van der Waals surface area contributed by atoms with E-state index in [4.69, 9.17) is 4.74 Å². The summed E-state index contributed by atoms with van der Waals surface area (Å²) in [5, 5.41) is 9.83. The average molecular weight is 594 g/mol. The number of nitrogens with zero attached hydrogens (tertiary/aromatic N) is 3. The molecule has 6 fully saturated rings. The molecule has 2 aliphatic carbocycles. The number of likely N-dealkylation sites (tertiary alicyclic amines) is 2. The van der Waals surface area contributed by atoms with Crippen LogP contribution in [-0.2, 0) is 9.53 Å². The van der Waals surface area contributed by atoms with Gasteiger partial charge in [0.2, 0.25) is 5.91 Å². The number of carbonyl (C=O) groups is 1. The van der Waals surface area contributed by atoms with E-state index in [1.807, 2.05) is 0 Å². The van der Waals surface area contributed by atoms with Gasteiger partial charge in [0.05, 0.1) is 32.0 Å². The molecule has 1 amide bonds. The summed E-state index contributed by atoms with van der Waals surface area (Å²) >= 11 is 0. The molecule has 4 aliphatic heterocycles. The molecule has 41 heavy (non-hydrogen) atoms. The fraction of sp³-hybridized carbons (Fsp3) is 0.964. The van der Waals surface area contributed by atoms with Crippen LogP contribution in [0.15, 0.2) is 0 Å². The third kappa shape index (κ3) is 5.75. The predicted octanol–water partition coefficient (Wildman–Crippen LogP) is 2.64. The van der Waals surface area contributed by atoms with E-state index in [9.17, 15) is 31.9 Å². The summed E-state index contributed by atoms with van der Waals surface area (Å²) in [6, 6.07) is -0.0662. The summed E-state index contributed by atoms with van der Waals surface area (Å²) in [7, 11) is 2.06. The van der Waals surface area contributed by atoms with Crippen LogP contribution in [0.1, 0.15) is 51.4 Å². The van der Waals surface area contributed by atoms with Crippen molar-refractivity contribution in [2.75, 3.05) is 53.1 Å². The van der Waals surface area contributed by atoms with Gasteiger partial charge in [0.25, 0.3) is 5.92 Å². The van der Waals surface area contributed by atoms with E-state index < -0.39 is 48.3 Å². The molecule has 8 unspecified atom stereocenters. The molecule has 0 aromatic carbocycles. The van der Waals surface area contributed by atoms with Crippen LogP contribution in [0.25, 0.3) is 0 Å². The molecule has 6 aliphatic rings. The van der Waals surface area contributed by atoms with E-state index in [2.05, 4.69) is 22.8 Å². The van der Waals surface area contributed by atoms with Crippen LogP contribution in [0, 0.1) is 35.0 Å². The molecule has 234 valence electrons. The molecule has 0 spiro atoms. The maximum atomic E-state index is 14.4. The Morgan fingerprint density at radius 2 is 1.90 bits per heavy atom. The van der Waals surface area contributed by atoms with Gasteiger partial charge in [-0.05, 0) is 63.3 Å². The Balaban J connectivity index is 1.14. The Morgan fingerprint density at radius 1 is 1.12 bits per heavy atom. The van der Waals surface area contributed by atoms with Crippen LogP contribution >= 0.6 is 0 Å². The number of β-amino-alcohol motifs (C(OH)–C–C–N with tert-alkyl or cyclic N) is 1. The Labute approximate surface area is 238 Å². The van der Waals surface area contributed by atoms with E-state index in [-0.39, 0.29) is 56.1 Å². The van der Waals surface area contributed by atoms with Crippen molar-refractivity contribution in [3.8, 4) is 0 Å². The highest BCUT2D eigenvalue weighted by molar-refractivity contribution is 5.82. The highest BCUT2D eigenvalue weighted by Crippen LogP contribution is 2.53. The Kier molecular flexibility index (Phi) is 8.11. The molecule has 2 saturated carbocycles. The number of rotatable bonds is 6. The van der Waals surface area contributed by atoms with E-state index in [1.165, 1.54) is 0 Å². The molecule has 0 aromatic rings. The Bertz CT molecular complexity index is 968.